The van der Waals surface area contributed by atoms with E-state index in [9.17, 15) is 13.6 Å². The van der Waals surface area contributed by atoms with Crippen LogP contribution in [0.25, 0.3) is 29.0 Å². The summed E-state index contributed by atoms with van der Waals surface area (Å²) in [6, 6.07) is 2.28. The first-order valence-electron chi connectivity index (χ1n) is 10.9. The molecule has 0 radical (unpaired) electrons. The van der Waals surface area contributed by atoms with Gasteiger partial charge in [-0.1, -0.05) is 6.58 Å². The molecule has 11 heteroatoms. The molecule has 0 spiro atoms. The fraction of sp³-hybridized carbons (Fsp3) is 0.292. The Morgan fingerprint density at radius 2 is 2.14 bits per heavy atom. The maximum atomic E-state index is 15.3. The number of allylic oxidation sites excluding steroid dienone is 1. The maximum absolute atomic E-state index is 15.3. The number of H-pyrrole nitrogens is 1. The molecule has 1 aliphatic heterocycles. The number of nitrogens with one attached hydrogen (secondary N) is 2. The number of hydrogen-bond donors (Lipinski definition) is 2. The zero-order valence-electron chi connectivity index (χ0n) is 19.3. The minimum Gasteiger partial charge on any atom is -0.434 e. The number of halogens is 3. The summed E-state index contributed by atoms with van der Waals surface area (Å²) in [5.74, 6) is -1.57. The number of nitrogens with zero attached hydrogens (tertiary/aromatic N) is 4. The van der Waals surface area contributed by atoms with Gasteiger partial charge in [0.15, 0.2) is 0 Å². The van der Waals surface area contributed by atoms with Crippen LogP contribution in [0.4, 0.5) is 18.9 Å². The smallest absolute Gasteiger partial charge is 0.387 e. The van der Waals surface area contributed by atoms with Crippen LogP contribution in [-0.2, 0) is 11.8 Å². The summed E-state index contributed by atoms with van der Waals surface area (Å²) in [4.78, 5) is 14.2. The van der Waals surface area contributed by atoms with Crippen LogP contribution in [0.2, 0.25) is 0 Å². The van der Waals surface area contributed by atoms with Crippen LogP contribution in [-0.4, -0.2) is 57.0 Å². The average molecular weight is 486 g/mol. The van der Waals surface area contributed by atoms with Gasteiger partial charge < -0.3 is 10.1 Å². The molecule has 2 N–H and O–H groups in total. The van der Waals surface area contributed by atoms with Gasteiger partial charge in [-0.05, 0) is 50.2 Å². The van der Waals surface area contributed by atoms with E-state index in [-0.39, 0.29) is 29.5 Å². The van der Waals surface area contributed by atoms with E-state index in [1.54, 1.807) is 43.2 Å². The molecule has 8 nitrogen and oxygen atoms in total. The van der Waals surface area contributed by atoms with Crippen molar-refractivity contribution in [3.8, 4) is 17.0 Å². The highest BCUT2D eigenvalue weighted by Gasteiger charge is 2.21. The van der Waals surface area contributed by atoms with Gasteiger partial charge in [0.2, 0.25) is 5.91 Å². The molecule has 35 heavy (non-hydrogen) atoms. The number of aromatic nitrogens is 4. The van der Waals surface area contributed by atoms with Crippen molar-refractivity contribution in [3.63, 3.8) is 0 Å². The minimum atomic E-state index is -3.18. The Hall–Kier alpha value is -3.86. The van der Waals surface area contributed by atoms with Crippen LogP contribution in [0.1, 0.15) is 30.2 Å². The van der Waals surface area contributed by atoms with E-state index in [1.165, 1.54) is 6.07 Å². The third kappa shape index (κ3) is 5.46. The normalized spacial score (nSPS) is 14.2. The second-order valence-electron chi connectivity index (χ2n) is 8.22. The molecule has 3 heterocycles. The summed E-state index contributed by atoms with van der Waals surface area (Å²) < 4.78 is 47.9. The van der Waals surface area contributed by atoms with Gasteiger partial charge in [0, 0.05) is 36.1 Å². The fourth-order valence-electron chi connectivity index (χ4n) is 3.89. The Kier molecular flexibility index (Phi) is 7.06. The van der Waals surface area contributed by atoms with Crippen molar-refractivity contribution in [2.75, 3.05) is 25.0 Å². The number of ether oxygens (including phenoxy) is 1. The number of hydrogen-bond acceptors (Lipinski definition) is 5. The van der Waals surface area contributed by atoms with Crippen LogP contribution in [0.15, 0.2) is 31.1 Å². The first kappa shape index (κ1) is 24.3. The van der Waals surface area contributed by atoms with E-state index in [0.29, 0.717) is 28.1 Å². The minimum absolute atomic E-state index is 0.0337. The lowest BCUT2D eigenvalue weighted by molar-refractivity contribution is -0.118. The number of alkyl halides is 2. The summed E-state index contributed by atoms with van der Waals surface area (Å²) >= 11 is 0. The summed E-state index contributed by atoms with van der Waals surface area (Å²) in [6.45, 7) is 3.93. The molecular formula is C24H25F3N6O2. The fourth-order valence-corrected chi connectivity index (χ4v) is 3.89. The third-order valence-corrected chi connectivity index (χ3v) is 5.64. The number of aromatic amines is 1. The van der Waals surface area contributed by atoms with E-state index in [1.807, 2.05) is 4.90 Å². The lowest BCUT2D eigenvalue weighted by Crippen LogP contribution is -2.42. The first-order valence-corrected chi connectivity index (χ1v) is 10.9. The van der Waals surface area contributed by atoms with E-state index in [4.69, 9.17) is 0 Å². The Morgan fingerprint density at radius 3 is 2.74 bits per heavy atom. The van der Waals surface area contributed by atoms with Gasteiger partial charge in [0.1, 0.15) is 17.3 Å². The number of likely N-dealkylation sites (tertiary alicyclic amines) is 1. The van der Waals surface area contributed by atoms with Crippen molar-refractivity contribution < 1.29 is 22.7 Å². The van der Waals surface area contributed by atoms with Gasteiger partial charge in [-0.25, -0.2) is 4.39 Å². The highest BCUT2D eigenvalue weighted by atomic mass is 19.3. The van der Waals surface area contributed by atoms with Gasteiger partial charge in [0.25, 0.3) is 0 Å². The van der Waals surface area contributed by atoms with Crippen molar-refractivity contribution in [1.82, 2.24) is 24.9 Å². The molecule has 1 aromatic carbocycles. The first-order chi connectivity index (χ1) is 16.7. The highest BCUT2D eigenvalue weighted by Crippen LogP contribution is 2.36. The van der Waals surface area contributed by atoms with Crippen molar-refractivity contribution in [2.45, 2.75) is 20.0 Å². The molecular weight excluding hydrogens is 461 g/mol. The van der Waals surface area contributed by atoms with Crippen molar-refractivity contribution in [2.24, 2.45) is 7.05 Å². The number of carbonyl (C=O) groups is 1. The summed E-state index contributed by atoms with van der Waals surface area (Å²) in [5.41, 5.74) is 2.59. The largest absolute Gasteiger partial charge is 0.434 e. The van der Waals surface area contributed by atoms with Crippen LogP contribution in [0.3, 0.4) is 0 Å². The molecule has 3 aromatic rings. The Labute approximate surface area is 200 Å². The van der Waals surface area contributed by atoms with Crippen molar-refractivity contribution in [3.05, 3.63) is 53.7 Å². The van der Waals surface area contributed by atoms with E-state index < -0.39 is 12.4 Å². The molecule has 1 aliphatic rings. The lowest BCUT2D eigenvalue weighted by atomic mass is 9.99. The van der Waals surface area contributed by atoms with Gasteiger partial charge in [0.05, 0.1) is 24.0 Å². The van der Waals surface area contributed by atoms with Crippen LogP contribution in [0.5, 0.6) is 5.75 Å². The molecule has 0 atom stereocenters. The monoisotopic (exact) mass is 486 g/mol. The van der Waals surface area contributed by atoms with Crippen LogP contribution < -0.4 is 10.1 Å². The van der Waals surface area contributed by atoms with Crippen LogP contribution in [0, 0.1) is 5.82 Å². The zero-order valence-corrected chi connectivity index (χ0v) is 19.3. The second-order valence-corrected chi connectivity index (χ2v) is 8.22. The molecule has 0 saturated carbocycles. The predicted octanol–water partition coefficient (Wildman–Crippen LogP) is 4.40. The topological polar surface area (TPSA) is 88.1 Å². The molecule has 1 saturated heterocycles. The average Bonchev–Trinajstić information content (AvgIpc) is 3.35. The van der Waals surface area contributed by atoms with Crippen LogP contribution >= 0.6 is 0 Å². The summed E-state index contributed by atoms with van der Waals surface area (Å²) in [6.07, 6.45) is 7.57. The summed E-state index contributed by atoms with van der Waals surface area (Å²) in [5, 5.41) is 13.9. The van der Waals surface area contributed by atoms with Gasteiger partial charge in [-0.3, -0.25) is 19.5 Å². The Morgan fingerprint density at radius 1 is 1.37 bits per heavy atom. The van der Waals surface area contributed by atoms with E-state index in [2.05, 4.69) is 31.9 Å². The molecule has 0 unspecified atom stereocenters. The predicted molar refractivity (Wildman–Crippen MR) is 127 cm³/mol. The zero-order chi connectivity index (χ0) is 25.1. The SMILES string of the molecule is C=Cc1[nH]nc(-c2cnn(C)c2)c1/C=C(\C)c1c(F)cc(NC(=O)CN2CCC2)cc1OC(F)F. The Bertz CT molecular complexity index is 1280. The molecule has 4 rings (SSSR count). The summed E-state index contributed by atoms with van der Waals surface area (Å²) in [7, 11) is 1.76. The van der Waals surface area contributed by atoms with Crippen molar-refractivity contribution in [1.29, 1.82) is 0 Å². The maximum Gasteiger partial charge on any atom is 0.387 e. The molecule has 1 amide bonds. The van der Waals surface area contributed by atoms with E-state index >= 15 is 4.39 Å². The highest BCUT2D eigenvalue weighted by molar-refractivity contribution is 5.94. The number of aryl methyl sites for hydroxylation is 1. The quantitative estimate of drug-likeness (QED) is 0.468. The van der Waals surface area contributed by atoms with Crippen molar-refractivity contribution >= 4 is 29.3 Å². The molecule has 0 bridgehead atoms. The molecule has 1 fully saturated rings. The Balaban J connectivity index is 1.71. The number of carbonyl (C=O) groups excluding carboxylic acids is 1. The molecule has 2 aromatic heterocycles. The second kappa shape index (κ2) is 10.2. The van der Waals surface area contributed by atoms with E-state index in [0.717, 1.165) is 25.6 Å². The number of rotatable bonds is 9. The van der Waals surface area contributed by atoms with Gasteiger partial charge in [-0.2, -0.15) is 19.0 Å². The number of anilines is 1. The van der Waals surface area contributed by atoms with Gasteiger partial charge >= 0.3 is 6.61 Å². The number of benzene rings is 1. The number of amides is 1. The van der Waals surface area contributed by atoms with Gasteiger partial charge in [-0.15, -0.1) is 0 Å². The standard InChI is InChI=1S/C24H25F3N6O2/c1-4-19-17(23(31-30-19)15-11-28-32(3)12-15)8-14(2)22-18(25)9-16(10-20(22)35-24(26)27)29-21(34)13-33-6-5-7-33/h4,8-12,24H,1,5-7,13H2,2-3H3,(H,29,34)(H,30,31)/b14-8+. The molecule has 0 aliphatic carbocycles. The molecule has 184 valence electrons. The third-order valence-electron chi connectivity index (χ3n) is 5.64. The lowest BCUT2D eigenvalue weighted by Gasteiger charge is -2.29.